The summed E-state index contributed by atoms with van der Waals surface area (Å²) in [6.07, 6.45) is 3.11. The quantitative estimate of drug-likeness (QED) is 0.901. The molecule has 3 rings (SSSR count). The van der Waals surface area contributed by atoms with Crippen LogP contribution < -0.4 is 4.90 Å². The molecular formula is C16H19NO3. The number of hydrogen-bond acceptors (Lipinski definition) is 2. The standard InChI is InChI=1S/C16H19NO3/c1-10-5-4-7-11(10)15(18)17-9-13(16(19)20)12-6-2-3-8-14(12)17/h2-3,6,8,10-11,13H,4-5,7,9H2,1H3,(H,19,20). The van der Waals surface area contributed by atoms with E-state index in [0.717, 1.165) is 30.5 Å². The maximum absolute atomic E-state index is 12.7. The maximum atomic E-state index is 12.7. The molecule has 20 heavy (non-hydrogen) atoms. The average molecular weight is 273 g/mol. The minimum Gasteiger partial charge on any atom is -0.481 e. The summed E-state index contributed by atoms with van der Waals surface area (Å²) in [6, 6.07) is 7.37. The molecule has 2 aliphatic rings. The van der Waals surface area contributed by atoms with Gasteiger partial charge in [-0.2, -0.15) is 0 Å². The first-order valence-electron chi connectivity index (χ1n) is 7.22. The van der Waals surface area contributed by atoms with E-state index in [1.54, 1.807) is 4.90 Å². The molecule has 0 spiro atoms. The number of carboxylic acid groups (broad SMARTS) is 1. The van der Waals surface area contributed by atoms with E-state index in [0.29, 0.717) is 5.92 Å². The van der Waals surface area contributed by atoms with E-state index in [-0.39, 0.29) is 18.4 Å². The molecule has 1 aromatic rings. The molecule has 1 aliphatic heterocycles. The molecule has 1 heterocycles. The number of anilines is 1. The van der Waals surface area contributed by atoms with Crippen molar-refractivity contribution in [3.8, 4) is 0 Å². The molecule has 3 unspecified atom stereocenters. The molecule has 3 atom stereocenters. The van der Waals surface area contributed by atoms with Crippen molar-refractivity contribution in [3.05, 3.63) is 29.8 Å². The fourth-order valence-electron chi connectivity index (χ4n) is 3.54. The summed E-state index contributed by atoms with van der Waals surface area (Å²) < 4.78 is 0. The fourth-order valence-corrected chi connectivity index (χ4v) is 3.54. The molecule has 0 saturated heterocycles. The summed E-state index contributed by atoms with van der Waals surface area (Å²) in [4.78, 5) is 25.8. The second-order valence-corrected chi connectivity index (χ2v) is 5.91. The van der Waals surface area contributed by atoms with E-state index in [2.05, 4.69) is 6.92 Å². The van der Waals surface area contributed by atoms with Crippen LogP contribution in [0, 0.1) is 11.8 Å². The summed E-state index contributed by atoms with van der Waals surface area (Å²) in [5.41, 5.74) is 1.54. The number of aliphatic carboxylic acids is 1. The Morgan fingerprint density at radius 3 is 2.65 bits per heavy atom. The Balaban J connectivity index is 1.92. The Labute approximate surface area is 118 Å². The number of amides is 1. The van der Waals surface area contributed by atoms with Crippen LogP contribution in [0.15, 0.2) is 24.3 Å². The van der Waals surface area contributed by atoms with E-state index in [1.807, 2.05) is 24.3 Å². The highest BCUT2D eigenvalue weighted by molar-refractivity contribution is 6.00. The third-order valence-electron chi connectivity index (χ3n) is 4.71. The lowest BCUT2D eigenvalue weighted by molar-refractivity contribution is -0.138. The first-order valence-corrected chi connectivity index (χ1v) is 7.22. The predicted molar refractivity (Wildman–Crippen MR) is 75.7 cm³/mol. The summed E-state index contributed by atoms with van der Waals surface area (Å²) in [7, 11) is 0. The van der Waals surface area contributed by atoms with Gasteiger partial charge in [-0.05, 0) is 30.4 Å². The van der Waals surface area contributed by atoms with Gasteiger partial charge in [0.15, 0.2) is 0 Å². The van der Waals surface area contributed by atoms with Crippen LogP contribution in [0.2, 0.25) is 0 Å². The van der Waals surface area contributed by atoms with Gasteiger partial charge in [0.2, 0.25) is 5.91 Å². The van der Waals surface area contributed by atoms with Gasteiger partial charge < -0.3 is 10.0 Å². The Bertz CT molecular complexity index is 554. The van der Waals surface area contributed by atoms with Gasteiger partial charge in [-0.3, -0.25) is 9.59 Å². The summed E-state index contributed by atoms with van der Waals surface area (Å²) >= 11 is 0. The van der Waals surface area contributed by atoms with E-state index >= 15 is 0 Å². The minimum atomic E-state index is -0.854. The third-order valence-corrected chi connectivity index (χ3v) is 4.71. The number of nitrogens with zero attached hydrogens (tertiary/aromatic N) is 1. The zero-order chi connectivity index (χ0) is 14.3. The third kappa shape index (κ3) is 1.99. The van der Waals surface area contributed by atoms with Crippen LogP contribution in [0.3, 0.4) is 0 Å². The number of para-hydroxylation sites is 1. The highest BCUT2D eigenvalue weighted by Crippen LogP contribution is 2.40. The SMILES string of the molecule is CC1CCCC1C(=O)N1CC(C(=O)O)c2ccccc21. The smallest absolute Gasteiger partial charge is 0.312 e. The molecule has 0 aromatic heterocycles. The van der Waals surface area contributed by atoms with E-state index in [4.69, 9.17) is 0 Å². The van der Waals surface area contributed by atoms with Crippen LogP contribution in [-0.4, -0.2) is 23.5 Å². The van der Waals surface area contributed by atoms with Crippen molar-refractivity contribution in [2.24, 2.45) is 11.8 Å². The van der Waals surface area contributed by atoms with Crippen LogP contribution in [0.5, 0.6) is 0 Å². The lowest BCUT2D eigenvalue weighted by atomic mass is 9.96. The largest absolute Gasteiger partial charge is 0.481 e. The van der Waals surface area contributed by atoms with Crippen LogP contribution in [0.25, 0.3) is 0 Å². The van der Waals surface area contributed by atoms with Gasteiger partial charge >= 0.3 is 5.97 Å². The van der Waals surface area contributed by atoms with E-state index in [9.17, 15) is 14.7 Å². The number of hydrogen-bond donors (Lipinski definition) is 1. The minimum absolute atomic E-state index is 0.0515. The topological polar surface area (TPSA) is 57.6 Å². The number of rotatable bonds is 2. The maximum Gasteiger partial charge on any atom is 0.312 e. The van der Waals surface area contributed by atoms with E-state index < -0.39 is 11.9 Å². The zero-order valence-corrected chi connectivity index (χ0v) is 11.6. The summed E-state index contributed by atoms with van der Waals surface area (Å²) in [5, 5.41) is 9.34. The van der Waals surface area contributed by atoms with Gasteiger partial charge in [0, 0.05) is 18.2 Å². The summed E-state index contributed by atoms with van der Waals surface area (Å²) in [6.45, 7) is 2.39. The molecule has 0 radical (unpaired) electrons. The number of carboxylic acids is 1. The normalized spacial score (nSPS) is 28.4. The Kier molecular flexibility index (Phi) is 3.24. The molecule has 1 amide bonds. The number of carbonyl (C=O) groups excluding carboxylic acids is 1. The van der Waals surface area contributed by atoms with Crippen LogP contribution in [0.4, 0.5) is 5.69 Å². The van der Waals surface area contributed by atoms with Gasteiger partial charge in [-0.1, -0.05) is 31.5 Å². The first kappa shape index (κ1) is 13.2. The zero-order valence-electron chi connectivity index (χ0n) is 11.6. The molecule has 4 heteroatoms. The number of benzene rings is 1. The van der Waals surface area contributed by atoms with Crippen molar-refractivity contribution in [2.45, 2.75) is 32.1 Å². The molecule has 1 aromatic carbocycles. The van der Waals surface area contributed by atoms with Crippen molar-refractivity contribution in [1.82, 2.24) is 0 Å². The number of fused-ring (bicyclic) bond motifs is 1. The van der Waals surface area contributed by atoms with Crippen LogP contribution in [-0.2, 0) is 9.59 Å². The van der Waals surface area contributed by atoms with Gasteiger partial charge in [0.25, 0.3) is 0 Å². The number of carbonyl (C=O) groups is 2. The molecule has 1 N–H and O–H groups in total. The Morgan fingerprint density at radius 1 is 1.25 bits per heavy atom. The lowest BCUT2D eigenvalue weighted by Crippen LogP contribution is -2.37. The predicted octanol–water partition coefficient (Wildman–Crippen LogP) is 2.64. The monoisotopic (exact) mass is 273 g/mol. The Morgan fingerprint density at radius 2 is 2.00 bits per heavy atom. The van der Waals surface area contributed by atoms with Gasteiger partial charge in [0.05, 0.1) is 0 Å². The van der Waals surface area contributed by atoms with Crippen LogP contribution >= 0.6 is 0 Å². The molecule has 4 nitrogen and oxygen atoms in total. The molecule has 106 valence electrons. The van der Waals surface area contributed by atoms with Crippen molar-refractivity contribution in [3.63, 3.8) is 0 Å². The highest BCUT2D eigenvalue weighted by atomic mass is 16.4. The van der Waals surface area contributed by atoms with Crippen molar-refractivity contribution in [2.75, 3.05) is 11.4 Å². The molecule has 1 aliphatic carbocycles. The fraction of sp³-hybridized carbons (Fsp3) is 0.500. The lowest BCUT2D eigenvalue weighted by Gasteiger charge is -2.23. The van der Waals surface area contributed by atoms with Crippen molar-refractivity contribution in [1.29, 1.82) is 0 Å². The Hall–Kier alpha value is -1.84. The van der Waals surface area contributed by atoms with Crippen molar-refractivity contribution < 1.29 is 14.7 Å². The molecule has 1 saturated carbocycles. The molecule has 1 fully saturated rings. The molecular weight excluding hydrogens is 254 g/mol. The van der Waals surface area contributed by atoms with Gasteiger partial charge in [-0.25, -0.2) is 0 Å². The summed E-state index contributed by atoms with van der Waals surface area (Å²) in [5.74, 6) is -0.889. The second-order valence-electron chi connectivity index (χ2n) is 5.91. The van der Waals surface area contributed by atoms with Gasteiger partial charge in [-0.15, -0.1) is 0 Å². The molecule has 0 bridgehead atoms. The van der Waals surface area contributed by atoms with Gasteiger partial charge in [0.1, 0.15) is 5.92 Å². The highest BCUT2D eigenvalue weighted by Gasteiger charge is 2.40. The second kappa shape index (κ2) is 4.93. The van der Waals surface area contributed by atoms with Crippen LogP contribution in [0.1, 0.15) is 37.7 Å². The first-order chi connectivity index (χ1) is 9.59. The average Bonchev–Trinajstić information content (AvgIpc) is 3.01. The van der Waals surface area contributed by atoms with Crippen molar-refractivity contribution >= 4 is 17.6 Å². The van der Waals surface area contributed by atoms with E-state index in [1.165, 1.54) is 0 Å².